The van der Waals surface area contributed by atoms with Crippen LogP contribution in [0.25, 0.3) is 0 Å². The molecule has 3 unspecified atom stereocenters. The van der Waals surface area contributed by atoms with Gasteiger partial charge in [0.15, 0.2) is 0 Å². The number of aryl methyl sites for hydroxylation is 1. The second-order valence-corrected chi connectivity index (χ2v) is 13.0. The van der Waals surface area contributed by atoms with Crippen molar-refractivity contribution >= 4 is 23.6 Å². The van der Waals surface area contributed by atoms with E-state index in [9.17, 15) is 14.4 Å². The predicted molar refractivity (Wildman–Crippen MR) is 179 cm³/mol. The average Bonchev–Trinajstić information content (AvgIpc) is 2.98. The molecule has 3 rings (SSSR count). The lowest BCUT2D eigenvalue weighted by Gasteiger charge is -2.39. The van der Waals surface area contributed by atoms with Crippen LogP contribution in [0.3, 0.4) is 0 Å². The monoisotopic (exact) mass is 615 g/mol. The fourth-order valence-electron chi connectivity index (χ4n) is 5.06. The van der Waals surface area contributed by atoms with Gasteiger partial charge in [0.05, 0.1) is 7.11 Å². The van der Waals surface area contributed by atoms with Crippen molar-refractivity contribution in [2.75, 3.05) is 12.4 Å². The third-order valence-electron chi connectivity index (χ3n) is 7.44. The van der Waals surface area contributed by atoms with Crippen molar-refractivity contribution < 1.29 is 23.9 Å². The summed E-state index contributed by atoms with van der Waals surface area (Å²) in [5.41, 5.74) is 2.40. The standard InChI is InChI=1S/C37H49N3O5/c1-25(2)14-17-27(4)40(35(42)32(24-28-12-10-9-11-13-28)39-36(43)45-37(5,6)7)33(29-18-15-26(3)16-19-29)34(41)38-30-20-22-31(44-8)23-21-30/h9-13,15-16,18-23,25,27,32-33H,14,17,24H2,1-8H3,(H,38,41)(H,39,43). The average molecular weight is 616 g/mol. The highest BCUT2D eigenvalue weighted by Crippen LogP contribution is 2.30. The number of nitrogens with one attached hydrogen (secondary N) is 2. The first-order valence-corrected chi connectivity index (χ1v) is 15.6. The number of carbonyl (C=O) groups excluding carboxylic acids is 3. The molecule has 3 atom stereocenters. The summed E-state index contributed by atoms with van der Waals surface area (Å²) in [6.45, 7) is 13.5. The molecule has 0 saturated carbocycles. The number of anilines is 1. The topological polar surface area (TPSA) is 97.0 Å². The number of nitrogens with zero attached hydrogens (tertiary/aromatic N) is 1. The Morgan fingerprint density at radius 1 is 0.844 bits per heavy atom. The molecule has 242 valence electrons. The summed E-state index contributed by atoms with van der Waals surface area (Å²) in [6, 6.07) is 21.9. The summed E-state index contributed by atoms with van der Waals surface area (Å²) in [4.78, 5) is 43.8. The van der Waals surface area contributed by atoms with Crippen LogP contribution in [0.15, 0.2) is 78.9 Å². The smallest absolute Gasteiger partial charge is 0.408 e. The zero-order chi connectivity index (χ0) is 33.1. The van der Waals surface area contributed by atoms with Crippen LogP contribution in [-0.4, -0.2) is 47.6 Å². The van der Waals surface area contributed by atoms with Crippen LogP contribution in [0, 0.1) is 12.8 Å². The summed E-state index contributed by atoms with van der Waals surface area (Å²) in [6.07, 6.45) is 1.06. The van der Waals surface area contributed by atoms with Gasteiger partial charge in [0.2, 0.25) is 5.91 Å². The summed E-state index contributed by atoms with van der Waals surface area (Å²) in [5, 5.41) is 5.86. The molecule has 3 aromatic carbocycles. The quantitative estimate of drug-likeness (QED) is 0.208. The van der Waals surface area contributed by atoms with Gasteiger partial charge in [0, 0.05) is 18.2 Å². The summed E-state index contributed by atoms with van der Waals surface area (Å²) < 4.78 is 10.8. The number of alkyl carbamates (subject to hydrolysis) is 1. The molecule has 45 heavy (non-hydrogen) atoms. The van der Waals surface area contributed by atoms with Gasteiger partial charge in [-0.05, 0) is 88.8 Å². The van der Waals surface area contributed by atoms with Crippen LogP contribution in [0.2, 0.25) is 0 Å². The van der Waals surface area contributed by atoms with Crippen molar-refractivity contribution in [1.29, 1.82) is 0 Å². The molecule has 0 aromatic heterocycles. The first-order chi connectivity index (χ1) is 21.3. The highest BCUT2D eigenvalue weighted by Gasteiger charge is 2.39. The molecule has 0 heterocycles. The van der Waals surface area contributed by atoms with Crippen LogP contribution >= 0.6 is 0 Å². The van der Waals surface area contributed by atoms with Crippen LogP contribution in [0.5, 0.6) is 5.75 Å². The van der Waals surface area contributed by atoms with E-state index in [-0.39, 0.29) is 24.3 Å². The molecule has 3 aromatic rings. The fourth-order valence-corrected chi connectivity index (χ4v) is 5.06. The third kappa shape index (κ3) is 11.0. The molecule has 3 amide bonds. The van der Waals surface area contributed by atoms with Gasteiger partial charge in [-0.25, -0.2) is 4.79 Å². The number of benzene rings is 3. The highest BCUT2D eigenvalue weighted by molar-refractivity contribution is 5.99. The fraction of sp³-hybridized carbons (Fsp3) is 0.432. The Kier molecular flexibility index (Phi) is 12.6. The molecule has 0 aliphatic heterocycles. The van der Waals surface area contributed by atoms with Gasteiger partial charge in [-0.1, -0.05) is 74.0 Å². The summed E-state index contributed by atoms with van der Waals surface area (Å²) in [5.74, 6) is 0.343. The summed E-state index contributed by atoms with van der Waals surface area (Å²) >= 11 is 0. The molecule has 0 fully saturated rings. The van der Waals surface area contributed by atoms with E-state index >= 15 is 0 Å². The molecule has 0 radical (unpaired) electrons. The Morgan fingerprint density at radius 3 is 2.02 bits per heavy atom. The molecular formula is C37H49N3O5. The molecule has 0 aliphatic carbocycles. The molecule has 0 spiro atoms. The number of ether oxygens (including phenoxy) is 2. The maximum absolute atomic E-state index is 14.8. The van der Waals surface area contributed by atoms with Gasteiger partial charge in [-0.3, -0.25) is 9.59 Å². The minimum Gasteiger partial charge on any atom is -0.497 e. The molecule has 2 N–H and O–H groups in total. The first kappa shape index (κ1) is 35.2. The first-order valence-electron chi connectivity index (χ1n) is 15.6. The van der Waals surface area contributed by atoms with E-state index in [1.807, 2.05) is 68.4 Å². The van der Waals surface area contributed by atoms with Gasteiger partial charge in [0.1, 0.15) is 23.4 Å². The largest absolute Gasteiger partial charge is 0.497 e. The molecule has 8 heteroatoms. The SMILES string of the molecule is COc1ccc(NC(=O)C(c2ccc(C)cc2)N(C(=O)C(Cc2ccccc2)NC(=O)OC(C)(C)C)C(C)CCC(C)C)cc1. The molecule has 0 aliphatic rings. The second-order valence-electron chi connectivity index (χ2n) is 13.0. The number of carbonyl (C=O) groups is 3. The minimum atomic E-state index is -0.981. The van der Waals surface area contributed by atoms with E-state index < -0.39 is 23.8 Å². The Labute approximate surface area is 268 Å². The van der Waals surface area contributed by atoms with Gasteiger partial charge in [-0.15, -0.1) is 0 Å². The molecular weight excluding hydrogens is 566 g/mol. The Morgan fingerprint density at radius 2 is 1.47 bits per heavy atom. The Bertz CT molecular complexity index is 1380. The number of hydrogen-bond donors (Lipinski definition) is 2. The van der Waals surface area contributed by atoms with Crippen molar-refractivity contribution in [3.63, 3.8) is 0 Å². The van der Waals surface area contributed by atoms with Crippen LogP contribution in [0.4, 0.5) is 10.5 Å². The van der Waals surface area contributed by atoms with E-state index in [4.69, 9.17) is 9.47 Å². The van der Waals surface area contributed by atoms with Crippen molar-refractivity contribution in [3.8, 4) is 5.75 Å². The van der Waals surface area contributed by atoms with E-state index in [2.05, 4.69) is 24.5 Å². The maximum atomic E-state index is 14.8. The van der Waals surface area contributed by atoms with E-state index in [1.165, 1.54) is 0 Å². The van der Waals surface area contributed by atoms with Crippen LogP contribution in [-0.2, 0) is 20.7 Å². The zero-order valence-corrected chi connectivity index (χ0v) is 27.9. The van der Waals surface area contributed by atoms with Crippen molar-refractivity contribution in [2.24, 2.45) is 5.92 Å². The zero-order valence-electron chi connectivity index (χ0n) is 27.9. The second kappa shape index (κ2) is 16.1. The van der Waals surface area contributed by atoms with E-state index in [1.54, 1.807) is 57.0 Å². The Hall–Kier alpha value is -4.33. The number of amides is 3. The van der Waals surface area contributed by atoms with Crippen molar-refractivity contribution in [1.82, 2.24) is 10.2 Å². The lowest BCUT2D eigenvalue weighted by Crippen LogP contribution is -2.55. The van der Waals surface area contributed by atoms with Gasteiger partial charge in [0.25, 0.3) is 5.91 Å². The maximum Gasteiger partial charge on any atom is 0.408 e. The number of hydrogen-bond acceptors (Lipinski definition) is 5. The van der Waals surface area contributed by atoms with Gasteiger partial charge >= 0.3 is 6.09 Å². The van der Waals surface area contributed by atoms with Gasteiger partial charge in [-0.2, -0.15) is 0 Å². The predicted octanol–water partition coefficient (Wildman–Crippen LogP) is 7.47. The highest BCUT2D eigenvalue weighted by atomic mass is 16.6. The van der Waals surface area contributed by atoms with E-state index in [0.29, 0.717) is 29.3 Å². The molecule has 0 bridgehead atoms. The van der Waals surface area contributed by atoms with Crippen LogP contribution in [0.1, 0.15) is 77.1 Å². The molecule has 8 nitrogen and oxygen atoms in total. The van der Waals surface area contributed by atoms with Crippen molar-refractivity contribution in [3.05, 3.63) is 95.6 Å². The summed E-state index contributed by atoms with van der Waals surface area (Å²) in [7, 11) is 1.58. The minimum absolute atomic E-state index is 0.229. The molecule has 0 saturated heterocycles. The Balaban J connectivity index is 2.11. The normalized spacial score (nSPS) is 13.4. The lowest BCUT2D eigenvalue weighted by molar-refractivity contribution is -0.143. The van der Waals surface area contributed by atoms with Crippen LogP contribution < -0.4 is 15.4 Å². The lowest BCUT2D eigenvalue weighted by atomic mass is 9.95. The third-order valence-corrected chi connectivity index (χ3v) is 7.44. The van der Waals surface area contributed by atoms with Gasteiger partial charge < -0.3 is 25.0 Å². The number of methoxy groups -OCH3 is 1. The number of rotatable bonds is 13. The van der Waals surface area contributed by atoms with Crippen molar-refractivity contribution in [2.45, 2.75) is 91.5 Å². The van der Waals surface area contributed by atoms with E-state index in [0.717, 1.165) is 17.5 Å².